The summed E-state index contributed by atoms with van der Waals surface area (Å²) in [4.78, 5) is 15.8. The molecule has 7 heteroatoms. The number of fused-ring (bicyclic) bond motifs is 2. The van der Waals surface area contributed by atoms with Gasteiger partial charge in [0.1, 0.15) is 0 Å². The second kappa shape index (κ2) is 6.12. The molecule has 0 aliphatic heterocycles. The molecule has 4 nitrogen and oxygen atoms in total. The molecule has 27 heavy (non-hydrogen) atoms. The van der Waals surface area contributed by atoms with Gasteiger partial charge >= 0.3 is 12.1 Å². The molecule has 0 unspecified atom stereocenters. The summed E-state index contributed by atoms with van der Waals surface area (Å²) < 4.78 is 40.8. The normalized spacial score (nSPS) is 12.0. The monoisotopic (exact) mass is 370 g/mol. The van der Waals surface area contributed by atoms with E-state index in [1.54, 1.807) is 17.0 Å². The number of nitrogens with zero attached hydrogens (tertiary/aromatic N) is 2. The van der Waals surface area contributed by atoms with E-state index in [0.717, 1.165) is 22.5 Å². The van der Waals surface area contributed by atoms with E-state index >= 15 is 0 Å². The third kappa shape index (κ3) is 3.12. The maximum absolute atomic E-state index is 13.1. The number of rotatable bonds is 3. The summed E-state index contributed by atoms with van der Waals surface area (Å²) in [7, 11) is 0. The molecule has 0 bridgehead atoms. The first-order valence-electron chi connectivity index (χ1n) is 8.10. The number of carboxylic acid groups (broad SMARTS) is 1. The number of hydrogen-bond acceptors (Lipinski definition) is 2. The molecule has 0 radical (unpaired) electrons. The topological polar surface area (TPSA) is 55.1 Å². The van der Waals surface area contributed by atoms with Gasteiger partial charge in [-0.3, -0.25) is 4.98 Å². The van der Waals surface area contributed by atoms with Gasteiger partial charge in [-0.15, -0.1) is 0 Å². The SMILES string of the molecule is O=C(O)c1cc(C(F)(F)F)cc2ccn(Cc3ccc4ncccc4c3)c12. The van der Waals surface area contributed by atoms with Crippen LogP contribution in [0.25, 0.3) is 21.8 Å². The first-order chi connectivity index (χ1) is 12.8. The molecule has 0 spiro atoms. The van der Waals surface area contributed by atoms with Gasteiger partial charge in [0.2, 0.25) is 0 Å². The molecule has 0 fully saturated rings. The maximum atomic E-state index is 13.1. The summed E-state index contributed by atoms with van der Waals surface area (Å²) in [6.07, 6.45) is -1.31. The average molecular weight is 370 g/mol. The van der Waals surface area contributed by atoms with Gasteiger partial charge in [0, 0.05) is 29.7 Å². The van der Waals surface area contributed by atoms with Gasteiger partial charge in [-0.1, -0.05) is 12.1 Å². The van der Waals surface area contributed by atoms with Crippen LogP contribution < -0.4 is 0 Å². The van der Waals surface area contributed by atoms with E-state index in [4.69, 9.17) is 0 Å². The smallest absolute Gasteiger partial charge is 0.416 e. The highest BCUT2D eigenvalue weighted by Crippen LogP contribution is 2.34. The van der Waals surface area contributed by atoms with Crippen molar-refractivity contribution in [3.05, 3.63) is 77.6 Å². The van der Waals surface area contributed by atoms with Gasteiger partial charge in [0.25, 0.3) is 0 Å². The lowest BCUT2D eigenvalue weighted by atomic mass is 10.1. The van der Waals surface area contributed by atoms with E-state index in [1.165, 1.54) is 6.07 Å². The number of carboxylic acids is 1. The van der Waals surface area contributed by atoms with Crippen molar-refractivity contribution in [2.24, 2.45) is 0 Å². The molecular formula is C20H13F3N2O2. The predicted octanol–water partition coefficient (Wildman–Crippen LogP) is 4.95. The van der Waals surface area contributed by atoms with E-state index in [-0.39, 0.29) is 16.5 Å². The zero-order valence-corrected chi connectivity index (χ0v) is 13.9. The van der Waals surface area contributed by atoms with E-state index in [1.807, 2.05) is 30.3 Å². The molecular weight excluding hydrogens is 357 g/mol. The third-order valence-corrected chi connectivity index (χ3v) is 4.44. The molecule has 0 saturated heterocycles. The van der Waals surface area contributed by atoms with Crippen molar-refractivity contribution in [3.63, 3.8) is 0 Å². The highest BCUT2D eigenvalue weighted by Gasteiger charge is 2.32. The van der Waals surface area contributed by atoms with Gasteiger partial charge in [-0.25, -0.2) is 4.79 Å². The van der Waals surface area contributed by atoms with Crippen LogP contribution in [-0.4, -0.2) is 20.6 Å². The van der Waals surface area contributed by atoms with Crippen molar-refractivity contribution in [1.29, 1.82) is 0 Å². The fourth-order valence-electron chi connectivity index (χ4n) is 3.23. The number of halogens is 3. The number of alkyl halides is 3. The van der Waals surface area contributed by atoms with E-state index < -0.39 is 17.7 Å². The van der Waals surface area contributed by atoms with Crippen LogP contribution in [0.1, 0.15) is 21.5 Å². The van der Waals surface area contributed by atoms with Gasteiger partial charge in [-0.2, -0.15) is 13.2 Å². The van der Waals surface area contributed by atoms with Crippen molar-refractivity contribution < 1.29 is 23.1 Å². The average Bonchev–Trinajstić information content (AvgIpc) is 3.03. The Bertz CT molecular complexity index is 1180. The number of carbonyl (C=O) groups is 1. The zero-order chi connectivity index (χ0) is 19.2. The minimum atomic E-state index is -4.61. The quantitative estimate of drug-likeness (QED) is 0.555. The van der Waals surface area contributed by atoms with Gasteiger partial charge in [0.15, 0.2) is 0 Å². The molecule has 0 atom stereocenters. The molecule has 2 heterocycles. The first-order valence-corrected chi connectivity index (χ1v) is 8.10. The molecule has 1 N–H and O–H groups in total. The van der Waals surface area contributed by atoms with Gasteiger partial charge in [0.05, 0.1) is 22.2 Å². The molecule has 2 aromatic carbocycles. The van der Waals surface area contributed by atoms with Crippen LogP contribution in [-0.2, 0) is 12.7 Å². The Hall–Kier alpha value is -3.35. The second-order valence-electron chi connectivity index (χ2n) is 6.24. The summed E-state index contributed by atoms with van der Waals surface area (Å²) in [5.74, 6) is -1.39. The van der Waals surface area contributed by atoms with Crippen LogP contribution in [0.15, 0.2) is 60.9 Å². The molecule has 0 aliphatic rings. The summed E-state index contributed by atoms with van der Waals surface area (Å²) in [6, 6.07) is 12.5. The number of aromatic carboxylic acids is 1. The van der Waals surface area contributed by atoms with E-state index in [0.29, 0.717) is 12.6 Å². The van der Waals surface area contributed by atoms with E-state index in [2.05, 4.69) is 4.98 Å². The minimum absolute atomic E-state index is 0.240. The van der Waals surface area contributed by atoms with Crippen LogP contribution in [0.2, 0.25) is 0 Å². The highest BCUT2D eigenvalue weighted by atomic mass is 19.4. The molecule has 0 aliphatic carbocycles. The van der Waals surface area contributed by atoms with Crippen molar-refractivity contribution in [2.75, 3.05) is 0 Å². The Labute approximate surface area is 151 Å². The van der Waals surface area contributed by atoms with Crippen LogP contribution in [0.4, 0.5) is 13.2 Å². The minimum Gasteiger partial charge on any atom is -0.478 e. The zero-order valence-electron chi connectivity index (χ0n) is 13.9. The molecule has 2 aromatic heterocycles. The van der Waals surface area contributed by atoms with Gasteiger partial charge in [-0.05, 0) is 42.0 Å². The van der Waals surface area contributed by atoms with Crippen LogP contribution in [0, 0.1) is 0 Å². The Balaban J connectivity index is 1.83. The Morgan fingerprint density at radius 1 is 1.07 bits per heavy atom. The Morgan fingerprint density at radius 2 is 1.89 bits per heavy atom. The summed E-state index contributed by atoms with van der Waals surface area (Å²) in [5, 5.41) is 10.6. The van der Waals surface area contributed by atoms with Gasteiger partial charge < -0.3 is 9.67 Å². The molecule has 4 aromatic rings. The van der Waals surface area contributed by atoms with Crippen LogP contribution in [0.5, 0.6) is 0 Å². The largest absolute Gasteiger partial charge is 0.478 e. The molecule has 0 amide bonds. The first kappa shape index (κ1) is 17.1. The molecule has 136 valence electrons. The van der Waals surface area contributed by atoms with Crippen molar-refractivity contribution in [1.82, 2.24) is 9.55 Å². The van der Waals surface area contributed by atoms with Crippen molar-refractivity contribution in [2.45, 2.75) is 12.7 Å². The number of pyridine rings is 1. The summed E-state index contributed by atoms with van der Waals surface area (Å²) in [5.41, 5.74) is 0.653. The summed E-state index contributed by atoms with van der Waals surface area (Å²) in [6.45, 7) is 0.333. The van der Waals surface area contributed by atoms with Crippen LogP contribution in [0.3, 0.4) is 0 Å². The molecule has 4 rings (SSSR count). The Kier molecular flexibility index (Phi) is 3.87. The van der Waals surface area contributed by atoms with Crippen molar-refractivity contribution in [3.8, 4) is 0 Å². The lowest BCUT2D eigenvalue weighted by molar-refractivity contribution is -0.137. The van der Waals surface area contributed by atoms with Crippen LogP contribution >= 0.6 is 0 Å². The number of benzene rings is 2. The standard InChI is InChI=1S/C20H13F3N2O2/c21-20(22,23)15-9-14-5-7-25(18(14)16(10-15)19(26)27)11-12-3-4-17-13(8-12)2-1-6-24-17/h1-10H,11H2,(H,26,27). The highest BCUT2D eigenvalue weighted by molar-refractivity contribution is 6.03. The third-order valence-electron chi connectivity index (χ3n) is 4.44. The fraction of sp³-hybridized carbons (Fsp3) is 0.100. The maximum Gasteiger partial charge on any atom is 0.416 e. The number of hydrogen-bond donors (Lipinski definition) is 1. The lowest BCUT2D eigenvalue weighted by Gasteiger charge is -2.12. The van der Waals surface area contributed by atoms with Crippen molar-refractivity contribution >= 4 is 27.8 Å². The number of aromatic nitrogens is 2. The predicted molar refractivity (Wildman–Crippen MR) is 94.7 cm³/mol. The fourth-order valence-corrected chi connectivity index (χ4v) is 3.23. The lowest BCUT2D eigenvalue weighted by Crippen LogP contribution is -2.10. The molecule has 0 saturated carbocycles. The summed E-state index contributed by atoms with van der Waals surface area (Å²) >= 11 is 0. The van der Waals surface area contributed by atoms with E-state index in [9.17, 15) is 23.1 Å². The Morgan fingerprint density at radius 3 is 2.63 bits per heavy atom. The second-order valence-corrected chi connectivity index (χ2v) is 6.24.